The lowest BCUT2D eigenvalue weighted by Crippen LogP contribution is -2.46. The minimum absolute atomic E-state index is 0.166. The van der Waals surface area contributed by atoms with Gasteiger partial charge >= 0.3 is 0 Å². The van der Waals surface area contributed by atoms with E-state index in [0.29, 0.717) is 12.5 Å². The lowest BCUT2D eigenvalue weighted by molar-refractivity contribution is -0.118. The molecule has 1 aliphatic carbocycles. The monoisotopic (exact) mass is 253 g/mol. The van der Waals surface area contributed by atoms with Crippen LogP contribution in [0.1, 0.15) is 51.4 Å². The molecule has 4 nitrogen and oxygen atoms in total. The number of nitrogens with two attached hydrogens (primary N) is 1. The van der Waals surface area contributed by atoms with Crippen LogP contribution in [0.5, 0.6) is 0 Å². The molecule has 1 amide bonds. The Bertz CT molecular complexity index is 266. The van der Waals surface area contributed by atoms with Gasteiger partial charge in [0.05, 0.1) is 0 Å². The normalized spacial score (nSPS) is 25.2. The molecule has 0 radical (unpaired) electrons. The average molecular weight is 253 g/mol. The third kappa shape index (κ3) is 4.94. The molecule has 1 saturated heterocycles. The van der Waals surface area contributed by atoms with Gasteiger partial charge < -0.3 is 11.1 Å². The first-order chi connectivity index (χ1) is 8.75. The third-order valence-corrected chi connectivity index (χ3v) is 4.09. The molecule has 104 valence electrons. The molecule has 4 heteroatoms. The Morgan fingerprint density at radius 3 is 2.78 bits per heavy atom. The smallest absolute Gasteiger partial charge is 0.217 e. The van der Waals surface area contributed by atoms with E-state index in [4.69, 9.17) is 5.73 Å². The zero-order valence-electron chi connectivity index (χ0n) is 11.4. The summed E-state index contributed by atoms with van der Waals surface area (Å²) in [5.74, 6) is -0.166. The number of likely N-dealkylation sites (tertiary alicyclic amines) is 1. The van der Waals surface area contributed by atoms with Crippen LogP contribution in [0.15, 0.2) is 0 Å². The van der Waals surface area contributed by atoms with Gasteiger partial charge in [-0.2, -0.15) is 0 Å². The lowest BCUT2D eigenvalue weighted by Gasteiger charge is -2.36. The first-order valence-electron chi connectivity index (χ1n) is 7.51. The molecular weight excluding hydrogens is 226 g/mol. The fourth-order valence-electron chi connectivity index (χ4n) is 2.79. The molecule has 2 aliphatic rings. The quantitative estimate of drug-likeness (QED) is 0.640. The van der Waals surface area contributed by atoms with Crippen LogP contribution in [0.25, 0.3) is 0 Å². The molecule has 0 aromatic heterocycles. The predicted octanol–water partition coefficient (Wildman–Crippen LogP) is 1.25. The molecule has 3 N–H and O–H groups in total. The maximum Gasteiger partial charge on any atom is 0.217 e. The van der Waals surface area contributed by atoms with E-state index in [-0.39, 0.29) is 5.91 Å². The number of amides is 1. The van der Waals surface area contributed by atoms with Crippen LogP contribution in [0.3, 0.4) is 0 Å². The average Bonchev–Trinajstić information content (AvgIpc) is 3.17. The Morgan fingerprint density at radius 2 is 2.06 bits per heavy atom. The topological polar surface area (TPSA) is 58.4 Å². The van der Waals surface area contributed by atoms with E-state index in [2.05, 4.69) is 10.2 Å². The Hall–Kier alpha value is -0.610. The van der Waals surface area contributed by atoms with Crippen molar-refractivity contribution in [2.45, 2.75) is 63.5 Å². The van der Waals surface area contributed by atoms with Crippen molar-refractivity contribution in [3.8, 4) is 0 Å². The van der Waals surface area contributed by atoms with Crippen LogP contribution in [0, 0.1) is 0 Å². The molecule has 0 bridgehead atoms. The number of unbranched alkanes of at least 4 members (excludes halogenated alkanes) is 1. The fraction of sp³-hybridized carbons (Fsp3) is 0.929. The second-order valence-electron chi connectivity index (χ2n) is 5.79. The van der Waals surface area contributed by atoms with Crippen molar-refractivity contribution in [1.29, 1.82) is 0 Å². The van der Waals surface area contributed by atoms with Crippen molar-refractivity contribution in [3.63, 3.8) is 0 Å². The largest absolute Gasteiger partial charge is 0.370 e. The number of nitrogens with one attached hydrogen (secondary N) is 1. The Morgan fingerprint density at radius 1 is 1.22 bits per heavy atom. The summed E-state index contributed by atoms with van der Waals surface area (Å²) in [4.78, 5) is 13.3. The minimum atomic E-state index is -0.166. The summed E-state index contributed by atoms with van der Waals surface area (Å²) in [7, 11) is 0. The Labute approximate surface area is 110 Å². The van der Waals surface area contributed by atoms with E-state index in [1.165, 1.54) is 38.6 Å². The maximum atomic E-state index is 10.7. The van der Waals surface area contributed by atoms with E-state index in [1.807, 2.05) is 0 Å². The van der Waals surface area contributed by atoms with E-state index in [1.54, 1.807) is 0 Å². The van der Waals surface area contributed by atoms with Gasteiger partial charge in [-0.1, -0.05) is 6.42 Å². The molecule has 0 aromatic carbocycles. The highest BCUT2D eigenvalue weighted by Crippen LogP contribution is 2.21. The molecular formula is C14H27N3O. The SMILES string of the molecule is NC(=O)CCCCN1CCCCC1CNC1CC1. The lowest BCUT2D eigenvalue weighted by atomic mass is 10.0. The van der Waals surface area contributed by atoms with Crippen molar-refractivity contribution in [2.24, 2.45) is 5.73 Å². The summed E-state index contributed by atoms with van der Waals surface area (Å²) in [6.45, 7) is 3.51. The van der Waals surface area contributed by atoms with Gasteiger partial charge in [-0.05, 0) is 51.6 Å². The number of primary amides is 1. The molecule has 1 atom stereocenters. The minimum Gasteiger partial charge on any atom is -0.370 e. The molecule has 1 aliphatic heterocycles. The van der Waals surface area contributed by atoms with Crippen molar-refractivity contribution in [1.82, 2.24) is 10.2 Å². The van der Waals surface area contributed by atoms with Gasteiger partial charge in [-0.25, -0.2) is 0 Å². The summed E-state index contributed by atoms with van der Waals surface area (Å²) in [5, 5.41) is 3.65. The third-order valence-electron chi connectivity index (χ3n) is 4.09. The molecule has 0 aromatic rings. The second-order valence-corrected chi connectivity index (χ2v) is 5.79. The summed E-state index contributed by atoms with van der Waals surface area (Å²) in [6.07, 6.45) is 9.34. The summed E-state index contributed by atoms with van der Waals surface area (Å²) >= 11 is 0. The first kappa shape index (κ1) is 13.8. The van der Waals surface area contributed by atoms with E-state index in [0.717, 1.165) is 32.0 Å². The Kier molecular flexibility index (Phi) is 5.45. The first-order valence-corrected chi connectivity index (χ1v) is 7.51. The highest BCUT2D eigenvalue weighted by Gasteiger charge is 2.25. The highest BCUT2D eigenvalue weighted by molar-refractivity contribution is 5.73. The molecule has 18 heavy (non-hydrogen) atoms. The van der Waals surface area contributed by atoms with Crippen molar-refractivity contribution in [3.05, 3.63) is 0 Å². The fourth-order valence-corrected chi connectivity index (χ4v) is 2.79. The number of hydrogen-bond donors (Lipinski definition) is 2. The molecule has 0 spiro atoms. The summed E-state index contributed by atoms with van der Waals surface area (Å²) in [6, 6.07) is 1.52. The predicted molar refractivity (Wildman–Crippen MR) is 73.3 cm³/mol. The summed E-state index contributed by atoms with van der Waals surface area (Å²) < 4.78 is 0. The molecule has 2 rings (SSSR count). The number of carbonyl (C=O) groups excluding carboxylic acids is 1. The number of hydrogen-bond acceptors (Lipinski definition) is 3. The van der Waals surface area contributed by atoms with Crippen LogP contribution in [0.4, 0.5) is 0 Å². The number of rotatable bonds is 8. The number of nitrogens with zero attached hydrogens (tertiary/aromatic N) is 1. The van der Waals surface area contributed by atoms with Gasteiger partial charge in [0.2, 0.25) is 5.91 Å². The van der Waals surface area contributed by atoms with Gasteiger partial charge in [-0.3, -0.25) is 9.69 Å². The van der Waals surface area contributed by atoms with Crippen LogP contribution in [0.2, 0.25) is 0 Å². The molecule has 1 saturated carbocycles. The van der Waals surface area contributed by atoms with E-state index in [9.17, 15) is 4.79 Å². The number of carbonyl (C=O) groups is 1. The van der Waals surface area contributed by atoms with Crippen LogP contribution < -0.4 is 11.1 Å². The second kappa shape index (κ2) is 7.10. The van der Waals surface area contributed by atoms with Gasteiger partial charge in [0.1, 0.15) is 0 Å². The van der Waals surface area contributed by atoms with Gasteiger partial charge in [-0.15, -0.1) is 0 Å². The van der Waals surface area contributed by atoms with Gasteiger partial charge in [0, 0.05) is 25.0 Å². The molecule has 1 heterocycles. The van der Waals surface area contributed by atoms with Gasteiger partial charge in [0.15, 0.2) is 0 Å². The zero-order chi connectivity index (χ0) is 12.8. The summed E-state index contributed by atoms with van der Waals surface area (Å²) in [5.41, 5.74) is 5.16. The van der Waals surface area contributed by atoms with Gasteiger partial charge in [0.25, 0.3) is 0 Å². The van der Waals surface area contributed by atoms with Crippen molar-refractivity contribution < 1.29 is 4.79 Å². The van der Waals surface area contributed by atoms with E-state index < -0.39 is 0 Å². The van der Waals surface area contributed by atoms with Crippen molar-refractivity contribution >= 4 is 5.91 Å². The number of piperidine rings is 1. The van der Waals surface area contributed by atoms with Crippen LogP contribution in [-0.2, 0) is 4.79 Å². The van der Waals surface area contributed by atoms with Crippen LogP contribution >= 0.6 is 0 Å². The van der Waals surface area contributed by atoms with E-state index >= 15 is 0 Å². The molecule has 2 fully saturated rings. The van der Waals surface area contributed by atoms with Crippen molar-refractivity contribution in [2.75, 3.05) is 19.6 Å². The zero-order valence-corrected chi connectivity index (χ0v) is 11.4. The standard InChI is InChI=1S/C14H27N3O/c15-14(18)6-2-4-10-17-9-3-1-5-13(17)11-16-12-7-8-12/h12-13,16H,1-11H2,(H2,15,18). The maximum absolute atomic E-state index is 10.7. The highest BCUT2D eigenvalue weighted by atomic mass is 16.1. The van der Waals surface area contributed by atoms with Crippen LogP contribution in [-0.4, -0.2) is 42.5 Å². The molecule has 1 unspecified atom stereocenters. The Balaban J connectivity index is 1.63.